The molecule has 0 aliphatic carbocycles. The molecule has 1 heterocycles. The summed E-state index contributed by atoms with van der Waals surface area (Å²) in [6.45, 7) is 3.30. The fourth-order valence-electron chi connectivity index (χ4n) is 2.93. The van der Waals surface area contributed by atoms with Crippen LogP contribution in [0.4, 0.5) is 0 Å². The predicted molar refractivity (Wildman–Crippen MR) is 85.3 cm³/mol. The summed E-state index contributed by atoms with van der Waals surface area (Å²) in [5.41, 5.74) is 0.0358. The van der Waals surface area contributed by atoms with Crippen molar-refractivity contribution in [3.8, 4) is 0 Å². The van der Waals surface area contributed by atoms with Gasteiger partial charge in [0.2, 0.25) is 0 Å². The van der Waals surface area contributed by atoms with Gasteiger partial charge in [-0.1, -0.05) is 23.7 Å². The molecule has 2 rings (SSSR count). The van der Waals surface area contributed by atoms with Gasteiger partial charge in [0.05, 0.1) is 11.4 Å². The molecule has 0 aromatic heterocycles. The number of aliphatic hydroxyl groups is 1. The average molecular weight is 332 g/mol. The molecule has 21 heavy (non-hydrogen) atoms. The first-order chi connectivity index (χ1) is 9.70. The van der Waals surface area contributed by atoms with Crippen LogP contribution in [0.3, 0.4) is 0 Å². The first-order valence-corrected chi connectivity index (χ1v) is 9.54. The highest BCUT2D eigenvalue weighted by Crippen LogP contribution is 2.34. The molecule has 0 bridgehead atoms. The third-order valence-corrected chi connectivity index (χ3v) is 5.51. The number of rotatable bonds is 4. The average Bonchev–Trinajstić information content (AvgIpc) is 2.38. The summed E-state index contributed by atoms with van der Waals surface area (Å²) in [6, 6.07) is 7.27. The Bertz CT molecular complexity index is 577. The van der Waals surface area contributed by atoms with Crippen molar-refractivity contribution >= 4 is 21.4 Å². The quantitative estimate of drug-likeness (QED) is 0.917. The minimum atomic E-state index is -2.98. The lowest BCUT2D eigenvalue weighted by atomic mass is 9.84. The van der Waals surface area contributed by atoms with Crippen LogP contribution >= 0.6 is 11.6 Å². The highest BCUT2D eigenvalue weighted by Gasteiger charge is 2.35. The number of benzene rings is 1. The van der Waals surface area contributed by atoms with E-state index in [1.165, 1.54) is 6.26 Å². The summed E-state index contributed by atoms with van der Waals surface area (Å²) in [4.78, 5) is 2.13. The second-order valence-corrected chi connectivity index (χ2v) is 8.64. The highest BCUT2D eigenvalue weighted by atomic mass is 35.5. The number of nitrogens with zero attached hydrogens (tertiary/aromatic N) is 1. The van der Waals surface area contributed by atoms with Crippen LogP contribution in [0.1, 0.15) is 25.3 Å². The molecule has 6 heteroatoms. The predicted octanol–water partition coefficient (Wildman–Crippen LogP) is 2.06. The molecule has 1 N–H and O–H groups in total. The minimum absolute atomic E-state index is 0.0187. The third-order valence-electron chi connectivity index (χ3n) is 4.17. The van der Waals surface area contributed by atoms with Crippen molar-refractivity contribution in [2.75, 3.05) is 25.1 Å². The minimum Gasteiger partial charge on any atom is -0.385 e. The zero-order valence-corrected chi connectivity index (χ0v) is 14.0. The maximum Gasteiger partial charge on any atom is 0.148 e. The molecule has 1 aromatic carbocycles. The largest absolute Gasteiger partial charge is 0.385 e. The molecule has 1 saturated heterocycles. The van der Waals surface area contributed by atoms with Gasteiger partial charge in [0.25, 0.3) is 0 Å². The standard InChI is InChI=1S/C15H22ClNO3S/c1-12(11-21(2,19)20)17-9-7-15(18,8-10-17)13-3-5-14(16)6-4-13/h3-6,12,18H,7-11H2,1-2H3/t12-/m1/s1. The Labute approximate surface area is 131 Å². The van der Waals surface area contributed by atoms with Gasteiger partial charge < -0.3 is 5.11 Å². The second-order valence-electron chi connectivity index (χ2n) is 6.02. The fraction of sp³-hybridized carbons (Fsp3) is 0.600. The van der Waals surface area contributed by atoms with E-state index in [2.05, 4.69) is 4.90 Å². The number of sulfone groups is 1. The maximum atomic E-state index is 11.4. The van der Waals surface area contributed by atoms with Crippen LogP contribution in [-0.4, -0.2) is 49.6 Å². The van der Waals surface area contributed by atoms with Crippen LogP contribution in [0, 0.1) is 0 Å². The Kier molecular flexibility index (Phi) is 4.98. The zero-order chi connectivity index (χ0) is 15.7. The zero-order valence-electron chi connectivity index (χ0n) is 12.4. The van der Waals surface area contributed by atoms with Gasteiger partial charge in [-0.2, -0.15) is 0 Å². The van der Waals surface area contributed by atoms with Gasteiger partial charge in [-0.3, -0.25) is 4.90 Å². The van der Waals surface area contributed by atoms with Crippen molar-refractivity contribution < 1.29 is 13.5 Å². The smallest absolute Gasteiger partial charge is 0.148 e. The van der Waals surface area contributed by atoms with Crippen molar-refractivity contribution in [2.45, 2.75) is 31.4 Å². The Morgan fingerprint density at radius 2 is 1.81 bits per heavy atom. The lowest BCUT2D eigenvalue weighted by Gasteiger charge is -2.41. The summed E-state index contributed by atoms with van der Waals surface area (Å²) in [7, 11) is -2.98. The molecule has 0 saturated carbocycles. The van der Waals surface area contributed by atoms with E-state index >= 15 is 0 Å². The molecule has 1 aliphatic rings. The second kappa shape index (κ2) is 6.24. The van der Waals surface area contributed by atoms with Crippen LogP contribution in [-0.2, 0) is 15.4 Å². The molecule has 0 amide bonds. The molecule has 4 nitrogen and oxygen atoms in total. The van der Waals surface area contributed by atoms with Gasteiger partial charge in [-0.05, 0) is 37.5 Å². The maximum absolute atomic E-state index is 11.4. The van der Waals surface area contributed by atoms with Gasteiger partial charge >= 0.3 is 0 Å². The van der Waals surface area contributed by atoms with E-state index in [0.29, 0.717) is 31.0 Å². The molecular formula is C15H22ClNO3S. The molecule has 0 radical (unpaired) electrons. The Morgan fingerprint density at radius 3 is 2.29 bits per heavy atom. The number of hydrogen-bond donors (Lipinski definition) is 1. The summed E-state index contributed by atoms with van der Waals surface area (Å²) in [6.07, 6.45) is 2.46. The topological polar surface area (TPSA) is 57.6 Å². The Hall–Kier alpha value is -0.620. The van der Waals surface area contributed by atoms with E-state index in [1.807, 2.05) is 19.1 Å². The van der Waals surface area contributed by atoms with Crippen molar-refractivity contribution in [3.05, 3.63) is 34.9 Å². The van der Waals surface area contributed by atoms with Crippen LogP contribution < -0.4 is 0 Å². The van der Waals surface area contributed by atoms with Crippen LogP contribution in [0.5, 0.6) is 0 Å². The molecule has 1 fully saturated rings. The van der Waals surface area contributed by atoms with E-state index in [-0.39, 0.29) is 11.8 Å². The Morgan fingerprint density at radius 1 is 1.29 bits per heavy atom. The molecule has 118 valence electrons. The SMILES string of the molecule is C[C@H](CS(C)(=O)=O)N1CCC(O)(c2ccc(Cl)cc2)CC1. The van der Waals surface area contributed by atoms with Gasteiger partial charge in [0.15, 0.2) is 0 Å². The van der Waals surface area contributed by atoms with Gasteiger partial charge in [-0.25, -0.2) is 8.42 Å². The van der Waals surface area contributed by atoms with Gasteiger partial charge in [-0.15, -0.1) is 0 Å². The van der Waals surface area contributed by atoms with E-state index < -0.39 is 15.4 Å². The summed E-state index contributed by atoms with van der Waals surface area (Å²) >= 11 is 5.88. The van der Waals surface area contributed by atoms with Crippen LogP contribution in [0.15, 0.2) is 24.3 Å². The number of likely N-dealkylation sites (tertiary alicyclic amines) is 1. The van der Waals surface area contributed by atoms with Crippen molar-refractivity contribution in [3.63, 3.8) is 0 Å². The summed E-state index contributed by atoms with van der Waals surface area (Å²) in [5, 5.41) is 11.4. The van der Waals surface area contributed by atoms with Crippen LogP contribution in [0.25, 0.3) is 0 Å². The van der Waals surface area contributed by atoms with Crippen LogP contribution in [0.2, 0.25) is 5.02 Å². The Balaban J connectivity index is 2.00. The molecular weight excluding hydrogens is 310 g/mol. The number of hydrogen-bond acceptors (Lipinski definition) is 4. The lowest BCUT2D eigenvalue weighted by Crippen LogP contribution is -2.47. The fourth-order valence-corrected chi connectivity index (χ4v) is 4.14. The van der Waals surface area contributed by atoms with Crippen molar-refractivity contribution in [2.24, 2.45) is 0 Å². The molecule has 1 aromatic rings. The van der Waals surface area contributed by atoms with E-state index in [1.54, 1.807) is 12.1 Å². The lowest BCUT2D eigenvalue weighted by molar-refractivity contribution is -0.0320. The normalized spacial score (nSPS) is 21.1. The molecule has 1 aliphatic heterocycles. The van der Waals surface area contributed by atoms with Crippen molar-refractivity contribution in [1.82, 2.24) is 4.90 Å². The van der Waals surface area contributed by atoms with E-state index in [4.69, 9.17) is 11.6 Å². The number of halogens is 1. The van der Waals surface area contributed by atoms with Gasteiger partial charge in [0, 0.05) is 30.4 Å². The van der Waals surface area contributed by atoms with Crippen molar-refractivity contribution in [1.29, 1.82) is 0 Å². The highest BCUT2D eigenvalue weighted by molar-refractivity contribution is 7.90. The van der Waals surface area contributed by atoms with E-state index in [0.717, 1.165) is 5.56 Å². The van der Waals surface area contributed by atoms with Gasteiger partial charge in [0.1, 0.15) is 9.84 Å². The molecule has 1 atom stereocenters. The first kappa shape index (κ1) is 16.7. The summed E-state index contributed by atoms with van der Waals surface area (Å²) in [5.74, 6) is 0.159. The third kappa shape index (κ3) is 4.42. The molecule has 0 unspecified atom stereocenters. The van der Waals surface area contributed by atoms with E-state index in [9.17, 15) is 13.5 Å². The first-order valence-electron chi connectivity index (χ1n) is 7.10. The summed E-state index contributed by atoms with van der Waals surface area (Å²) < 4.78 is 22.8. The molecule has 0 spiro atoms. The monoisotopic (exact) mass is 331 g/mol. The number of piperidine rings is 1.